The molecular weight excluding hydrogens is 429 g/mol. The molecule has 1 saturated heterocycles. The summed E-state index contributed by atoms with van der Waals surface area (Å²) in [5.41, 5.74) is 5.78. The molecule has 33 heavy (non-hydrogen) atoms. The summed E-state index contributed by atoms with van der Waals surface area (Å²) in [7, 11) is 0. The Morgan fingerprint density at radius 1 is 1.15 bits per heavy atom. The topological polar surface area (TPSA) is 56.3 Å². The molecule has 7 heteroatoms. The maximum atomic E-state index is 13.2. The van der Waals surface area contributed by atoms with Crippen LogP contribution in [-0.4, -0.2) is 46.8 Å². The van der Waals surface area contributed by atoms with Crippen LogP contribution in [0.3, 0.4) is 0 Å². The number of halogens is 3. The highest BCUT2D eigenvalue weighted by molar-refractivity contribution is 5.88. The lowest BCUT2D eigenvalue weighted by Crippen LogP contribution is -2.37. The van der Waals surface area contributed by atoms with Crippen molar-refractivity contribution in [2.75, 3.05) is 19.6 Å². The number of carboxylic acids is 1. The van der Waals surface area contributed by atoms with Gasteiger partial charge < -0.3 is 10.1 Å². The maximum absolute atomic E-state index is 13.2. The van der Waals surface area contributed by atoms with E-state index in [-0.39, 0.29) is 17.4 Å². The van der Waals surface area contributed by atoms with Crippen LogP contribution in [0.2, 0.25) is 0 Å². The number of alkyl halides is 3. The van der Waals surface area contributed by atoms with Gasteiger partial charge in [-0.2, -0.15) is 13.2 Å². The number of aromatic amines is 1. The summed E-state index contributed by atoms with van der Waals surface area (Å²) < 4.78 is 39.6. The fourth-order valence-corrected chi connectivity index (χ4v) is 5.37. The standard InChI is InChI=1S/C26H29F3N2O2/c1-16-12-17(2)24-21(9-10-30-24)22(16)13-20-4-3-11-31(15-26(27,28)29)14-23(20)18-5-7-19(8-6-18)25(32)33/h5-10,12,20,23,30H,3-4,11,13-15H2,1-2H3,(H,32,33)/t20-,23-/m0/s1. The summed E-state index contributed by atoms with van der Waals surface area (Å²) in [4.78, 5) is 16.1. The number of aromatic nitrogens is 1. The molecule has 0 aliphatic carbocycles. The number of likely N-dealkylation sites (tertiary alicyclic amines) is 1. The molecule has 2 N–H and O–H groups in total. The minimum Gasteiger partial charge on any atom is -0.478 e. The Kier molecular flexibility index (Phi) is 6.52. The summed E-state index contributed by atoms with van der Waals surface area (Å²) in [6.45, 7) is 3.96. The minimum absolute atomic E-state index is 0.118. The third kappa shape index (κ3) is 5.24. The van der Waals surface area contributed by atoms with Crippen LogP contribution in [0, 0.1) is 19.8 Å². The van der Waals surface area contributed by atoms with Crippen LogP contribution in [0.5, 0.6) is 0 Å². The average Bonchev–Trinajstić information content (AvgIpc) is 3.15. The van der Waals surface area contributed by atoms with Gasteiger partial charge in [0.2, 0.25) is 0 Å². The molecule has 0 saturated carbocycles. The van der Waals surface area contributed by atoms with Gasteiger partial charge in [0.15, 0.2) is 0 Å². The van der Waals surface area contributed by atoms with Crippen molar-refractivity contribution < 1.29 is 23.1 Å². The van der Waals surface area contributed by atoms with E-state index >= 15 is 0 Å². The second kappa shape index (κ2) is 9.21. The van der Waals surface area contributed by atoms with Gasteiger partial charge in [-0.15, -0.1) is 0 Å². The Balaban J connectivity index is 1.70. The van der Waals surface area contributed by atoms with Crippen LogP contribution in [0.25, 0.3) is 10.9 Å². The van der Waals surface area contributed by atoms with E-state index in [0.29, 0.717) is 19.5 Å². The van der Waals surface area contributed by atoms with Crippen LogP contribution in [0.15, 0.2) is 42.6 Å². The molecule has 3 aromatic rings. The number of fused-ring (bicyclic) bond motifs is 1. The van der Waals surface area contributed by atoms with Crippen molar-refractivity contribution in [1.29, 1.82) is 0 Å². The molecule has 2 aromatic carbocycles. The normalized spacial score (nSPS) is 20.2. The Hall–Kier alpha value is -2.80. The molecular formula is C26H29F3N2O2. The van der Waals surface area contributed by atoms with Gasteiger partial charge in [-0.3, -0.25) is 4.90 Å². The van der Waals surface area contributed by atoms with E-state index in [2.05, 4.69) is 31.0 Å². The Morgan fingerprint density at radius 3 is 2.55 bits per heavy atom. The van der Waals surface area contributed by atoms with Gasteiger partial charge in [-0.1, -0.05) is 18.2 Å². The molecule has 0 amide bonds. The molecule has 0 radical (unpaired) electrons. The molecule has 1 aliphatic rings. The third-order valence-corrected chi connectivity index (χ3v) is 6.90. The smallest absolute Gasteiger partial charge is 0.401 e. The van der Waals surface area contributed by atoms with E-state index in [1.807, 2.05) is 6.20 Å². The number of nitrogens with zero attached hydrogens (tertiary/aromatic N) is 1. The first-order valence-electron chi connectivity index (χ1n) is 11.3. The van der Waals surface area contributed by atoms with E-state index in [9.17, 15) is 23.1 Å². The summed E-state index contributed by atoms with van der Waals surface area (Å²) in [6.07, 6.45) is -0.0283. The van der Waals surface area contributed by atoms with E-state index in [1.54, 1.807) is 24.3 Å². The third-order valence-electron chi connectivity index (χ3n) is 6.90. The monoisotopic (exact) mass is 458 g/mol. The lowest BCUT2D eigenvalue weighted by Gasteiger charge is -2.30. The van der Waals surface area contributed by atoms with E-state index in [0.717, 1.165) is 23.9 Å². The van der Waals surface area contributed by atoms with E-state index in [1.165, 1.54) is 27.0 Å². The highest BCUT2D eigenvalue weighted by Crippen LogP contribution is 2.38. The van der Waals surface area contributed by atoms with Gasteiger partial charge in [-0.25, -0.2) is 4.79 Å². The Bertz CT molecular complexity index is 1130. The molecule has 1 aliphatic heterocycles. The number of carbonyl (C=O) groups is 1. The molecule has 2 heterocycles. The summed E-state index contributed by atoms with van der Waals surface area (Å²) in [6, 6.07) is 10.9. The molecule has 1 fully saturated rings. The molecule has 2 atom stereocenters. The predicted molar refractivity (Wildman–Crippen MR) is 123 cm³/mol. The van der Waals surface area contributed by atoms with Gasteiger partial charge in [0.1, 0.15) is 0 Å². The van der Waals surface area contributed by atoms with Crippen LogP contribution in [0.4, 0.5) is 13.2 Å². The van der Waals surface area contributed by atoms with Gasteiger partial charge in [0.25, 0.3) is 0 Å². The average molecular weight is 459 g/mol. The lowest BCUT2D eigenvalue weighted by molar-refractivity contribution is -0.146. The summed E-state index contributed by atoms with van der Waals surface area (Å²) in [5.74, 6) is -0.978. The number of aryl methyl sites for hydroxylation is 2. The molecule has 0 bridgehead atoms. The Labute approximate surface area is 191 Å². The largest absolute Gasteiger partial charge is 0.478 e. The zero-order chi connectivity index (χ0) is 23.8. The quantitative estimate of drug-likeness (QED) is 0.487. The van der Waals surface area contributed by atoms with Crippen molar-refractivity contribution in [3.8, 4) is 0 Å². The predicted octanol–water partition coefficient (Wildman–Crippen LogP) is 6.08. The second-order valence-electron chi connectivity index (χ2n) is 9.25. The minimum atomic E-state index is -4.25. The van der Waals surface area contributed by atoms with Gasteiger partial charge in [0, 0.05) is 23.6 Å². The SMILES string of the molecule is Cc1cc(C)c2[nH]ccc2c1C[C@@H]1CCCN(CC(F)(F)F)C[C@H]1c1ccc(C(=O)O)cc1. The fourth-order valence-electron chi connectivity index (χ4n) is 5.37. The van der Waals surface area contributed by atoms with Crippen LogP contribution < -0.4 is 0 Å². The highest BCUT2D eigenvalue weighted by Gasteiger charge is 2.35. The number of rotatable bonds is 5. The zero-order valence-electron chi connectivity index (χ0n) is 18.9. The first kappa shape index (κ1) is 23.4. The molecule has 176 valence electrons. The number of hydrogen-bond donors (Lipinski definition) is 2. The van der Waals surface area contributed by atoms with Crippen molar-refractivity contribution in [2.24, 2.45) is 5.92 Å². The number of H-pyrrole nitrogens is 1. The van der Waals surface area contributed by atoms with E-state index in [4.69, 9.17) is 0 Å². The molecule has 1 aromatic heterocycles. The lowest BCUT2D eigenvalue weighted by atomic mass is 9.78. The van der Waals surface area contributed by atoms with Crippen molar-refractivity contribution in [3.05, 3.63) is 70.4 Å². The molecule has 0 unspecified atom stereocenters. The zero-order valence-corrected chi connectivity index (χ0v) is 18.9. The van der Waals surface area contributed by atoms with Crippen molar-refractivity contribution in [3.63, 3.8) is 0 Å². The Morgan fingerprint density at radius 2 is 1.88 bits per heavy atom. The molecule has 4 rings (SSSR count). The number of carboxylic acid groups (broad SMARTS) is 1. The number of hydrogen-bond acceptors (Lipinski definition) is 2. The first-order chi connectivity index (χ1) is 15.6. The van der Waals surface area contributed by atoms with Crippen LogP contribution in [0.1, 0.15) is 51.4 Å². The molecule has 4 nitrogen and oxygen atoms in total. The van der Waals surface area contributed by atoms with Gasteiger partial charge in [-0.05, 0) is 91.9 Å². The van der Waals surface area contributed by atoms with Gasteiger partial charge >= 0.3 is 12.1 Å². The first-order valence-corrected chi connectivity index (χ1v) is 11.3. The number of aromatic carboxylic acids is 1. The van der Waals surface area contributed by atoms with Gasteiger partial charge in [0.05, 0.1) is 12.1 Å². The second-order valence-corrected chi connectivity index (χ2v) is 9.25. The number of nitrogens with one attached hydrogen (secondary N) is 1. The van der Waals surface area contributed by atoms with Crippen molar-refractivity contribution in [2.45, 2.75) is 45.2 Å². The van der Waals surface area contributed by atoms with Crippen molar-refractivity contribution in [1.82, 2.24) is 9.88 Å². The van der Waals surface area contributed by atoms with Crippen molar-refractivity contribution >= 4 is 16.9 Å². The van der Waals surface area contributed by atoms with Crippen LogP contribution in [-0.2, 0) is 6.42 Å². The van der Waals surface area contributed by atoms with Crippen LogP contribution >= 0.6 is 0 Å². The molecule has 0 spiro atoms. The fraction of sp³-hybridized carbons (Fsp3) is 0.423. The number of benzene rings is 2. The summed E-state index contributed by atoms with van der Waals surface area (Å²) >= 11 is 0. The maximum Gasteiger partial charge on any atom is 0.401 e. The van der Waals surface area contributed by atoms with E-state index < -0.39 is 18.7 Å². The highest BCUT2D eigenvalue weighted by atomic mass is 19.4. The summed E-state index contributed by atoms with van der Waals surface area (Å²) in [5, 5.41) is 10.4.